The summed E-state index contributed by atoms with van der Waals surface area (Å²) in [6.07, 6.45) is 0. The molecule has 318 valence electrons. The smallest absolute Gasteiger partial charge is 0.336 e. The molecular formula is C54H66O6. The Morgan fingerprint density at radius 2 is 0.733 bits per heavy atom. The highest BCUT2D eigenvalue weighted by Crippen LogP contribution is 2.53. The predicted molar refractivity (Wildman–Crippen MR) is 247 cm³/mol. The minimum atomic E-state index is -1.19. The number of carboxylic acids is 2. The summed E-state index contributed by atoms with van der Waals surface area (Å²) >= 11 is 0. The summed E-state index contributed by atoms with van der Waals surface area (Å²) in [7, 11) is 0. The molecule has 5 rings (SSSR count). The summed E-state index contributed by atoms with van der Waals surface area (Å²) in [6.45, 7) is 32.9. The molecule has 0 spiro atoms. The van der Waals surface area contributed by atoms with Crippen LogP contribution in [0.4, 0.5) is 0 Å². The van der Waals surface area contributed by atoms with Gasteiger partial charge in [0, 0.05) is 34.1 Å². The monoisotopic (exact) mass is 810 g/mol. The molecule has 0 bridgehead atoms. The first kappa shape index (κ1) is 45.7. The number of benzene rings is 5. The van der Waals surface area contributed by atoms with Crippen LogP contribution in [0.2, 0.25) is 0 Å². The minimum Gasteiger partial charge on any atom is -0.507 e. The van der Waals surface area contributed by atoms with Crippen molar-refractivity contribution in [2.24, 2.45) is 0 Å². The van der Waals surface area contributed by atoms with Gasteiger partial charge in [-0.05, 0) is 92.1 Å². The Balaban J connectivity index is 2.11. The highest BCUT2D eigenvalue weighted by atomic mass is 16.4. The lowest BCUT2D eigenvalue weighted by molar-refractivity contribution is 0.0682. The minimum absolute atomic E-state index is 0.0259. The first-order valence-corrected chi connectivity index (χ1v) is 21.1. The van der Waals surface area contributed by atoms with E-state index < -0.39 is 34.6 Å². The van der Waals surface area contributed by atoms with Crippen LogP contribution in [0.1, 0.15) is 185 Å². The number of aryl methyl sites for hydroxylation is 2. The van der Waals surface area contributed by atoms with E-state index in [-0.39, 0.29) is 33.5 Å². The van der Waals surface area contributed by atoms with Gasteiger partial charge in [-0.25, -0.2) is 9.59 Å². The summed E-state index contributed by atoms with van der Waals surface area (Å²) in [5.74, 6) is -2.89. The molecule has 0 saturated heterocycles. The van der Waals surface area contributed by atoms with Gasteiger partial charge in [0.05, 0.1) is 11.1 Å². The van der Waals surface area contributed by atoms with Crippen molar-refractivity contribution in [2.45, 2.75) is 144 Å². The van der Waals surface area contributed by atoms with Gasteiger partial charge in [-0.2, -0.15) is 0 Å². The van der Waals surface area contributed by atoms with Crippen molar-refractivity contribution in [1.29, 1.82) is 0 Å². The number of para-hydroxylation sites is 2. The predicted octanol–water partition coefficient (Wildman–Crippen LogP) is 13.9. The van der Waals surface area contributed by atoms with Crippen LogP contribution < -0.4 is 0 Å². The van der Waals surface area contributed by atoms with E-state index in [1.165, 1.54) is 12.1 Å². The van der Waals surface area contributed by atoms with Crippen LogP contribution in [0.25, 0.3) is 22.3 Å². The molecule has 0 saturated carbocycles. The molecule has 0 aliphatic heterocycles. The zero-order valence-electron chi connectivity index (χ0n) is 38.7. The molecule has 60 heavy (non-hydrogen) atoms. The van der Waals surface area contributed by atoms with Gasteiger partial charge >= 0.3 is 11.9 Å². The van der Waals surface area contributed by atoms with Gasteiger partial charge in [0.1, 0.15) is 11.5 Å². The maximum atomic E-state index is 13.8. The molecule has 0 fully saturated rings. The lowest BCUT2D eigenvalue weighted by atomic mass is 9.70. The summed E-state index contributed by atoms with van der Waals surface area (Å²) in [5.41, 5.74) is 8.23. The highest BCUT2D eigenvalue weighted by Gasteiger charge is 2.36. The first-order valence-electron chi connectivity index (χ1n) is 21.1. The Morgan fingerprint density at radius 1 is 0.433 bits per heavy atom. The molecular weight excluding hydrogens is 745 g/mol. The summed E-state index contributed by atoms with van der Waals surface area (Å²) < 4.78 is 0. The third kappa shape index (κ3) is 8.62. The van der Waals surface area contributed by atoms with Gasteiger partial charge < -0.3 is 20.4 Å². The Bertz CT molecular complexity index is 2320. The fraction of sp³-hybridized carbons (Fsp3) is 0.407. The molecule has 4 N–H and O–H groups in total. The first-order chi connectivity index (χ1) is 27.5. The molecule has 0 radical (unpaired) electrons. The second-order valence-corrected chi connectivity index (χ2v) is 21.0. The van der Waals surface area contributed by atoms with Crippen molar-refractivity contribution in [3.63, 3.8) is 0 Å². The molecule has 6 nitrogen and oxygen atoms in total. The van der Waals surface area contributed by atoms with E-state index in [0.717, 1.165) is 44.5 Å². The summed E-state index contributed by atoms with van der Waals surface area (Å²) in [5, 5.41) is 46.4. The molecule has 0 aliphatic rings. The quantitative estimate of drug-likeness (QED) is 0.124. The van der Waals surface area contributed by atoms with E-state index in [9.17, 15) is 30.0 Å². The number of carbonyl (C=O) groups is 2. The van der Waals surface area contributed by atoms with Crippen LogP contribution in [-0.4, -0.2) is 32.4 Å². The normalized spacial score (nSPS) is 13.6. The van der Waals surface area contributed by atoms with Gasteiger partial charge in [-0.1, -0.05) is 169 Å². The molecule has 2 unspecified atom stereocenters. The maximum Gasteiger partial charge on any atom is 0.336 e. The van der Waals surface area contributed by atoms with Crippen LogP contribution in [-0.2, 0) is 21.7 Å². The van der Waals surface area contributed by atoms with Crippen molar-refractivity contribution in [3.05, 3.63) is 140 Å². The fourth-order valence-corrected chi connectivity index (χ4v) is 8.90. The van der Waals surface area contributed by atoms with Crippen LogP contribution in [0, 0.1) is 13.8 Å². The van der Waals surface area contributed by atoms with E-state index in [4.69, 9.17) is 0 Å². The van der Waals surface area contributed by atoms with E-state index in [1.807, 2.05) is 64.1 Å². The number of hydrogen-bond acceptors (Lipinski definition) is 4. The van der Waals surface area contributed by atoms with Gasteiger partial charge in [0.2, 0.25) is 0 Å². The molecule has 5 aromatic rings. The van der Waals surface area contributed by atoms with E-state index in [2.05, 4.69) is 107 Å². The van der Waals surface area contributed by atoms with Crippen LogP contribution in [0.15, 0.2) is 72.8 Å². The summed E-state index contributed by atoms with van der Waals surface area (Å²) in [6, 6.07) is 22.7. The molecule has 2 atom stereocenters. The molecule has 0 aliphatic carbocycles. The van der Waals surface area contributed by atoms with Crippen LogP contribution in [0.3, 0.4) is 0 Å². The van der Waals surface area contributed by atoms with Crippen molar-refractivity contribution >= 4 is 11.9 Å². The molecule has 6 heteroatoms. The number of rotatable bonds is 8. The average Bonchev–Trinajstić information content (AvgIpc) is 3.11. The number of aromatic hydroxyl groups is 2. The Morgan fingerprint density at radius 3 is 1.00 bits per heavy atom. The lowest BCUT2D eigenvalue weighted by Gasteiger charge is -2.34. The standard InChI is InChI=1S/C54H66O6/c1-29-25-37(31(3)33-19-17-21-39(47(33)55)51(5,6)7)43(41(27-29)53(11,12)13)45-35(49(57)58)23-24-36(50(59)60)46(45)44-38(26-30(2)28-42(44)54(14,15)16)32(4)34-20-18-22-40(48(34)56)52(8,9)10/h17-28,31-32,55-56H,1-16H3,(H,57,58)(H,59,60). The number of hydrogen-bond donors (Lipinski definition) is 4. The molecule has 0 amide bonds. The Hall–Kier alpha value is -5.36. The van der Waals surface area contributed by atoms with Crippen molar-refractivity contribution in [3.8, 4) is 33.8 Å². The largest absolute Gasteiger partial charge is 0.507 e. The lowest BCUT2D eigenvalue weighted by Crippen LogP contribution is -2.20. The zero-order chi connectivity index (χ0) is 45.2. The second-order valence-electron chi connectivity index (χ2n) is 21.0. The van der Waals surface area contributed by atoms with E-state index in [0.29, 0.717) is 33.4 Å². The van der Waals surface area contributed by atoms with Gasteiger partial charge in [0.25, 0.3) is 0 Å². The number of phenolic OH excluding ortho intramolecular Hbond substituents is 2. The van der Waals surface area contributed by atoms with Crippen molar-refractivity contribution in [1.82, 2.24) is 0 Å². The molecule has 5 aromatic carbocycles. The number of phenols is 2. The highest BCUT2D eigenvalue weighted by molar-refractivity contribution is 6.10. The maximum absolute atomic E-state index is 13.8. The number of carboxylic acid groups (broad SMARTS) is 2. The van der Waals surface area contributed by atoms with Gasteiger partial charge in [0.15, 0.2) is 0 Å². The molecule has 0 heterocycles. The number of aromatic carboxylic acids is 2. The van der Waals surface area contributed by atoms with Gasteiger partial charge in [-0.3, -0.25) is 0 Å². The Labute approximate surface area is 358 Å². The summed E-state index contributed by atoms with van der Waals surface area (Å²) in [4.78, 5) is 27.6. The van der Waals surface area contributed by atoms with Crippen molar-refractivity contribution < 1.29 is 30.0 Å². The molecule has 0 aromatic heterocycles. The average molecular weight is 811 g/mol. The van der Waals surface area contributed by atoms with Crippen LogP contribution in [0.5, 0.6) is 11.5 Å². The topological polar surface area (TPSA) is 115 Å². The zero-order valence-corrected chi connectivity index (χ0v) is 38.7. The van der Waals surface area contributed by atoms with Crippen molar-refractivity contribution in [2.75, 3.05) is 0 Å². The SMILES string of the molecule is Cc1cc(C(C)c2cccc(C(C)(C)C)c2O)c(-c2c(C(=O)O)ccc(C(=O)O)c2-c2c(C(C)c3cccc(C(C)(C)C)c3O)cc(C)cc2C(C)(C)C)c(C(C)(C)C)c1. The Kier molecular flexibility index (Phi) is 12.1. The third-order valence-electron chi connectivity index (χ3n) is 12.0. The van der Waals surface area contributed by atoms with E-state index >= 15 is 0 Å². The van der Waals surface area contributed by atoms with Crippen LogP contribution >= 0.6 is 0 Å². The van der Waals surface area contributed by atoms with E-state index in [1.54, 1.807) is 0 Å². The van der Waals surface area contributed by atoms with Gasteiger partial charge in [-0.15, -0.1) is 0 Å². The fourth-order valence-electron chi connectivity index (χ4n) is 8.90. The second kappa shape index (κ2) is 15.9. The third-order valence-corrected chi connectivity index (χ3v) is 12.0.